The van der Waals surface area contributed by atoms with Crippen molar-refractivity contribution in [3.05, 3.63) is 17.0 Å². The third-order valence-corrected chi connectivity index (χ3v) is 4.41. The van der Waals surface area contributed by atoms with Crippen LogP contribution in [-0.4, -0.2) is 28.3 Å². The SMILES string of the molecule is CCc1noc(C)c1C(=O)NC1(CO)CCC(C)CC1. The Balaban J connectivity index is 2.15. The zero-order valence-corrected chi connectivity index (χ0v) is 12.5. The Morgan fingerprint density at radius 1 is 1.50 bits per heavy atom. The fraction of sp³-hybridized carbons (Fsp3) is 0.733. The van der Waals surface area contributed by atoms with Gasteiger partial charge in [0.1, 0.15) is 11.3 Å². The molecule has 0 aromatic carbocycles. The summed E-state index contributed by atoms with van der Waals surface area (Å²) < 4.78 is 5.11. The molecule has 0 atom stereocenters. The van der Waals surface area contributed by atoms with E-state index in [-0.39, 0.29) is 12.5 Å². The molecule has 1 aromatic heterocycles. The molecule has 1 fully saturated rings. The minimum Gasteiger partial charge on any atom is -0.394 e. The number of nitrogens with zero attached hydrogens (tertiary/aromatic N) is 1. The summed E-state index contributed by atoms with van der Waals surface area (Å²) in [7, 11) is 0. The zero-order chi connectivity index (χ0) is 14.8. The summed E-state index contributed by atoms with van der Waals surface area (Å²) in [5, 5.41) is 16.7. The Labute approximate surface area is 119 Å². The fourth-order valence-corrected chi connectivity index (χ4v) is 2.89. The van der Waals surface area contributed by atoms with Crippen molar-refractivity contribution >= 4 is 5.91 Å². The van der Waals surface area contributed by atoms with Gasteiger partial charge < -0.3 is 14.9 Å². The lowest BCUT2D eigenvalue weighted by Crippen LogP contribution is -2.53. The number of hydrogen-bond donors (Lipinski definition) is 2. The Hall–Kier alpha value is -1.36. The fourth-order valence-electron chi connectivity index (χ4n) is 2.89. The second kappa shape index (κ2) is 5.95. The first kappa shape index (κ1) is 15.0. The van der Waals surface area contributed by atoms with Crippen molar-refractivity contribution in [1.82, 2.24) is 10.5 Å². The van der Waals surface area contributed by atoms with Crippen molar-refractivity contribution in [3.63, 3.8) is 0 Å². The standard InChI is InChI=1S/C15H24N2O3/c1-4-12-13(11(3)20-17-12)14(19)16-15(9-18)7-5-10(2)6-8-15/h10,18H,4-9H2,1-3H3,(H,16,19). The van der Waals surface area contributed by atoms with Gasteiger partial charge in [-0.3, -0.25) is 4.79 Å². The molecule has 5 nitrogen and oxygen atoms in total. The summed E-state index contributed by atoms with van der Waals surface area (Å²) in [4.78, 5) is 12.5. The van der Waals surface area contributed by atoms with Crippen LogP contribution in [0.4, 0.5) is 0 Å². The van der Waals surface area contributed by atoms with Crippen LogP contribution in [0.3, 0.4) is 0 Å². The maximum atomic E-state index is 12.5. The molecule has 112 valence electrons. The molecule has 0 spiro atoms. The lowest BCUT2D eigenvalue weighted by Gasteiger charge is -2.38. The van der Waals surface area contributed by atoms with Crippen molar-refractivity contribution in [1.29, 1.82) is 0 Å². The van der Waals surface area contributed by atoms with Gasteiger partial charge in [-0.25, -0.2) is 0 Å². The van der Waals surface area contributed by atoms with E-state index < -0.39 is 5.54 Å². The Bertz CT molecular complexity index is 473. The van der Waals surface area contributed by atoms with Crippen LogP contribution in [0.25, 0.3) is 0 Å². The summed E-state index contributed by atoms with van der Waals surface area (Å²) in [6, 6.07) is 0. The minimum atomic E-state index is -0.488. The number of nitrogens with one attached hydrogen (secondary N) is 1. The molecule has 1 aliphatic carbocycles. The molecular formula is C15H24N2O3. The Kier molecular flexibility index (Phi) is 4.48. The molecule has 2 rings (SSSR count). The summed E-state index contributed by atoms with van der Waals surface area (Å²) in [5.41, 5.74) is 0.717. The van der Waals surface area contributed by atoms with Gasteiger partial charge in [0.2, 0.25) is 0 Å². The molecule has 20 heavy (non-hydrogen) atoms. The molecule has 1 saturated carbocycles. The van der Waals surface area contributed by atoms with Crippen LogP contribution in [0.1, 0.15) is 61.3 Å². The van der Waals surface area contributed by atoms with E-state index in [0.717, 1.165) is 25.7 Å². The van der Waals surface area contributed by atoms with Crippen LogP contribution in [-0.2, 0) is 6.42 Å². The molecule has 0 saturated heterocycles. The average Bonchev–Trinajstić information content (AvgIpc) is 2.83. The van der Waals surface area contributed by atoms with Gasteiger partial charge in [0.15, 0.2) is 0 Å². The number of rotatable bonds is 4. The third-order valence-electron chi connectivity index (χ3n) is 4.41. The van der Waals surface area contributed by atoms with Crippen LogP contribution in [0.5, 0.6) is 0 Å². The van der Waals surface area contributed by atoms with E-state index >= 15 is 0 Å². The molecule has 1 aromatic rings. The van der Waals surface area contributed by atoms with Crippen molar-refractivity contribution in [2.45, 2.75) is 58.4 Å². The summed E-state index contributed by atoms with van der Waals surface area (Å²) in [5.74, 6) is 1.02. The predicted molar refractivity (Wildman–Crippen MR) is 75.5 cm³/mol. The average molecular weight is 280 g/mol. The lowest BCUT2D eigenvalue weighted by molar-refractivity contribution is 0.0715. The van der Waals surface area contributed by atoms with Gasteiger partial charge in [0.25, 0.3) is 5.91 Å². The number of aromatic nitrogens is 1. The van der Waals surface area contributed by atoms with Gasteiger partial charge in [-0.15, -0.1) is 0 Å². The highest BCUT2D eigenvalue weighted by atomic mass is 16.5. The molecule has 0 aliphatic heterocycles. The quantitative estimate of drug-likeness (QED) is 0.886. The number of carbonyl (C=O) groups is 1. The molecule has 1 amide bonds. The maximum absolute atomic E-state index is 12.5. The number of aryl methyl sites for hydroxylation is 2. The predicted octanol–water partition coefficient (Wildman–Crippen LogP) is 2.22. The van der Waals surface area contributed by atoms with Gasteiger partial charge >= 0.3 is 0 Å². The highest BCUT2D eigenvalue weighted by Crippen LogP contribution is 2.32. The van der Waals surface area contributed by atoms with E-state index in [0.29, 0.717) is 29.4 Å². The van der Waals surface area contributed by atoms with E-state index in [2.05, 4.69) is 17.4 Å². The van der Waals surface area contributed by atoms with Crippen LogP contribution >= 0.6 is 0 Å². The van der Waals surface area contributed by atoms with E-state index in [4.69, 9.17) is 4.52 Å². The van der Waals surface area contributed by atoms with E-state index in [1.807, 2.05) is 6.92 Å². The van der Waals surface area contributed by atoms with Crippen molar-refractivity contribution in [2.75, 3.05) is 6.61 Å². The Morgan fingerprint density at radius 3 is 2.70 bits per heavy atom. The summed E-state index contributed by atoms with van der Waals surface area (Å²) in [6.45, 7) is 5.88. The molecule has 1 heterocycles. The lowest BCUT2D eigenvalue weighted by atomic mass is 9.77. The zero-order valence-electron chi connectivity index (χ0n) is 12.5. The van der Waals surface area contributed by atoms with Gasteiger partial charge in [-0.1, -0.05) is 19.0 Å². The number of amides is 1. The normalized spacial score (nSPS) is 26.5. The summed E-state index contributed by atoms with van der Waals surface area (Å²) in [6.07, 6.45) is 4.36. The van der Waals surface area contributed by atoms with Crippen molar-refractivity contribution < 1.29 is 14.4 Å². The second-order valence-electron chi connectivity index (χ2n) is 5.99. The van der Waals surface area contributed by atoms with Crippen LogP contribution < -0.4 is 5.32 Å². The molecule has 0 radical (unpaired) electrons. The number of hydrogen-bond acceptors (Lipinski definition) is 4. The second-order valence-corrected chi connectivity index (χ2v) is 5.99. The van der Waals surface area contributed by atoms with Crippen LogP contribution in [0.2, 0.25) is 0 Å². The smallest absolute Gasteiger partial charge is 0.257 e. The third kappa shape index (κ3) is 2.87. The van der Waals surface area contributed by atoms with Crippen molar-refractivity contribution in [2.24, 2.45) is 5.92 Å². The highest BCUT2D eigenvalue weighted by molar-refractivity contribution is 5.96. The molecule has 2 N–H and O–H groups in total. The molecule has 1 aliphatic rings. The van der Waals surface area contributed by atoms with E-state index in [9.17, 15) is 9.90 Å². The number of carbonyl (C=O) groups excluding carboxylic acids is 1. The maximum Gasteiger partial charge on any atom is 0.257 e. The van der Waals surface area contributed by atoms with Crippen LogP contribution in [0.15, 0.2) is 4.52 Å². The van der Waals surface area contributed by atoms with E-state index in [1.165, 1.54) is 0 Å². The van der Waals surface area contributed by atoms with Crippen molar-refractivity contribution in [3.8, 4) is 0 Å². The van der Waals surface area contributed by atoms with Gasteiger partial charge in [0, 0.05) is 0 Å². The minimum absolute atomic E-state index is 0.0166. The van der Waals surface area contributed by atoms with E-state index in [1.54, 1.807) is 6.92 Å². The molecule has 0 bridgehead atoms. The van der Waals surface area contributed by atoms with Gasteiger partial charge in [-0.2, -0.15) is 0 Å². The highest BCUT2D eigenvalue weighted by Gasteiger charge is 2.36. The Morgan fingerprint density at radius 2 is 2.15 bits per heavy atom. The first-order valence-corrected chi connectivity index (χ1v) is 7.40. The summed E-state index contributed by atoms with van der Waals surface area (Å²) >= 11 is 0. The first-order chi connectivity index (χ1) is 9.51. The van der Waals surface area contributed by atoms with Gasteiger partial charge in [-0.05, 0) is 44.9 Å². The number of aliphatic hydroxyl groups excluding tert-OH is 1. The topological polar surface area (TPSA) is 75.4 Å². The van der Waals surface area contributed by atoms with Gasteiger partial charge in [0.05, 0.1) is 17.8 Å². The van der Waals surface area contributed by atoms with Crippen LogP contribution in [0, 0.1) is 12.8 Å². The molecule has 0 unspecified atom stereocenters. The first-order valence-electron chi connectivity index (χ1n) is 7.40. The molecule has 5 heteroatoms. The number of aliphatic hydroxyl groups is 1. The largest absolute Gasteiger partial charge is 0.394 e. The molecular weight excluding hydrogens is 256 g/mol. The monoisotopic (exact) mass is 280 g/mol.